The topological polar surface area (TPSA) is 40.6 Å². The van der Waals surface area contributed by atoms with Crippen molar-refractivity contribution < 1.29 is 9.59 Å². The van der Waals surface area contributed by atoms with Gasteiger partial charge in [0, 0.05) is 13.1 Å². The molecule has 2 unspecified atom stereocenters. The third-order valence-corrected chi connectivity index (χ3v) is 6.01. The molecule has 4 nitrogen and oxygen atoms in total. The van der Waals surface area contributed by atoms with Crippen LogP contribution >= 0.6 is 0 Å². The molecular weight excluding hydrogens is 264 g/mol. The third kappa shape index (κ3) is 2.27. The summed E-state index contributed by atoms with van der Waals surface area (Å²) in [6.45, 7) is 3.68. The SMILES string of the molecule is CCC1C(=O)N2CCCC2C(=O)N1CC(C1CC1)C1CC1. The van der Waals surface area contributed by atoms with Crippen molar-refractivity contribution >= 4 is 11.8 Å². The highest BCUT2D eigenvalue weighted by Crippen LogP contribution is 2.50. The van der Waals surface area contributed by atoms with Crippen LogP contribution in [0.3, 0.4) is 0 Å². The quantitative estimate of drug-likeness (QED) is 0.777. The predicted molar refractivity (Wildman–Crippen MR) is 79.5 cm³/mol. The van der Waals surface area contributed by atoms with Crippen molar-refractivity contribution in [2.24, 2.45) is 17.8 Å². The first kappa shape index (κ1) is 13.6. The van der Waals surface area contributed by atoms with E-state index in [-0.39, 0.29) is 23.9 Å². The van der Waals surface area contributed by atoms with Gasteiger partial charge in [0.2, 0.25) is 11.8 Å². The van der Waals surface area contributed by atoms with E-state index in [0.29, 0.717) is 5.92 Å². The fourth-order valence-corrected chi connectivity index (χ4v) is 4.53. The number of carbonyl (C=O) groups is 2. The molecule has 4 fully saturated rings. The van der Waals surface area contributed by atoms with Crippen molar-refractivity contribution in [3.63, 3.8) is 0 Å². The van der Waals surface area contributed by atoms with E-state index < -0.39 is 0 Å². The standard InChI is InChI=1S/C17H26N2O2/c1-2-14-16(20)18-9-3-4-15(18)17(21)19(14)10-13(11-5-6-11)12-7-8-12/h11-15H,2-10H2,1H3. The van der Waals surface area contributed by atoms with E-state index in [1.54, 1.807) is 0 Å². The Morgan fingerprint density at radius 3 is 2.29 bits per heavy atom. The molecule has 0 spiro atoms. The Morgan fingerprint density at radius 1 is 1.05 bits per heavy atom. The van der Waals surface area contributed by atoms with E-state index in [2.05, 4.69) is 0 Å². The second kappa shape index (κ2) is 4.99. The molecule has 2 saturated carbocycles. The van der Waals surface area contributed by atoms with Gasteiger partial charge < -0.3 is 9.80 Å². The second-order valence-corrected chi connectivity index (χ2v) is 7.44. The van der Waals surface area contributed by atoms with Crippen molar-refractivity contribution in [1.82, 2.24) is 9.80 Å². The number of fused-ring (bicyclic) bond motifs is 1. The summed E-state index contributed by atoms with van der Waals surface area (Å²) in [4.78, 5) is 29.4. The molecular formula is C17H26N2O2. The average Bonchev–Trinajstić information content (AvgIpc) is 3.40. The summed E-state index contributed by atoms with van der Waals surface area (Å²) in [7, 11) is 0. The smallest absolute Gasteiger partial charge is 0.246 e. The summed E-state index contributed by atoms with van der Waals surface area (Å²) in [5.41, 5.74) is 0. The molecule has 2 aliphatic heterocycles. The Kier molecular flexibility index (Phi) is 3.23. The zero-order valence-corrected chi connectivity index (χ0v) is 13.0. The van der Waals surface area contributed by atoms with E-state index in [1.165, 1.54) is 25.7 Å². The number of hydrogen-bond acceptors (Lipinski definition) is 2. The largest absolute Gasteiger partial charge is 0.329 e. The van der Waals surface area contributed by atoms with Gasteiger partial charge >= 0.3 is 0 Å². The minimum absolute atomic E-state index is 0.139. The van der Waals surface area contributed by atoms with Gasteiger partial charge in [0.25, 0.3) is 0 Å². The zero-order chi connectivity index (χ0) is 14.6. The van der Waals surface area contributed by atoms with Gasteiger partial charge in [-0.25, -0.2) is 0 Å². The molecule has 2 aliphatic carbocycles. The summed E-state index contributed by atoms with van der Waals surface area (Å²) in [5, 5.41) is 0. The van der Waals surface area contributed by atoms with Gasteiger partial charge in [0.1, 0.15) is 12.1 Å². The van der Waals surface area contributed by atoms with Crippen LogP contribution in [-0.2, 0) is 9.59 Å². The van der Waals surface area contributed by atoms with Crippen LogP contribution in [0.1, 0.15) is 51.9 Å². The lowest BCUT2D eigenvalue weighted by Gasteiger charge is -2.43. The van der Waals surface area contributed by atoms with Crippen LogP contribution in [0.4, 0.5) is 0 Å². The van der Waals surface area contributed by atoms with Crippen LogP contribution in [0, 0.1) is 17.8 Å². The molecule has 0 radical (unpaired) electrons. The second-order valence-electron chi connectivity index (χ2n) is 7.44. The molecule has 2 amide bonds. The maximum atomic E-state index is 12.9. The first-order valence-electron chi connectivity index (χ1n) is 8.81. The zero-order valence-electron chi connectivity index (χ0n) is 13.0. The highest BCUT2D eigenvalue weighted by molar-refractivity contribution is 5.97. The Labute approximate surface area is 126 Å². The van der Waals surface area contributed by atoms with Gasteiger partial charge in [0.05, 0.1) is 0 Å². The summed E-state index contributed by atoms with van der Waals surface area (Å²) < 4.78 is 0. The molecule has 0 aromatic heterocycles. The number of amides is 2. The Hall–Kier alpha value is -1.06. The molecule has 0 N–H and O–H groups in total. The normalized spacial score (nSPS) is 33.0. The first-order valence-corrected chi connectivity index (χ1v) is 8.81. The van der Waals surface area contributed by atoms with E-state index in [9.17, 15) is 9.59 Å². The van der Waals surface area contributed by atoms with Crippen LogP contribution in [0.25, 0.3) is 0 Å². The minimum Gasteiger partial charge on any atom is -0.329 e. The third-order valence-electron chi connectivity index (χ3n) is 6.01. The first-order chi connectivity index (χ1) is 10.2. The van der Waals surface area contributed by atoms with Crippen molar-refractivity contribution in [2.75, 3.05) is 13.1 Å². The van der Waals surface area contributed by atoms with Crippen LogP contribution in [0.5, 0.6) is 0 Å². The molecule has 2 heterocycles. The van der Waals surface area contributed by atoms with Gasteiger partial charge in [-0.1, -0.05) is 6.92 Å². The molecule has 0 aromatic carbocycles. The van der Waals surface area contributed by atoms with Gasteiger partial charge in [-0.15, -0.1) is 0 Å². The fourth-order valence-electron chi connectivity index (χ4n) is 4.53. The molecule has 21 heavy (non-hydrogen) atoms. The van der Waals surface area contributed by atoms with Crippen LogP contribution in [0.15, 0.2) is 0 Å². The monoisotopic (exact) mass is 290 g/mol. The summed E-state index contributed by atoms with van der Waals surface area (Å²) in [5.74, 6) is 2.79. The summed E-state index contributed by atoms with van der Waals surface area (Å²) in [6, 6.07) is -0.328. The molecule has 4 heteroatoms. The number of piperazine rings is 1. The molecule has 4 aliphatic rings. The summed E-state index contributed by atoms with van der Waals surface area (Å²) in [6.07, 6.45) is 7.96. The number of rotatable bonds is 5. The number of hydrogen-bond donors (Lipinski definition) is 0. The highest BCUT2D eigenvalue weighted by atomic mass is 16.2. The van der Waals surface area contributed by atoms with Crippen LogP contribution in [0.2, 0.25) is 0 Å². The molecule has 4 rings (SSSR count). The van der Waals surface area contributed by atoms with Crippen molar-refractivity contribution in [2.45, 2.75) is 64.0 Å². The van der Waals surface area contributed by atoms with Crippen LogP contribution in [-0.4, -0.2) is 46.8 Å². The van der Waals surface area contributed by atoms with E-state index in [1.807, 2.05) is 16.7 Å². The Morgan fingerprint density at radius 2 is 1.71 bits per heavy atom. The molecule has 0 bridgehead atoms. The minimum atomic E-state index is -0.188. The van der Waals surface area contributed by atoms with Crippen molar-refractivity contribution in [1.29, 1.82) is 0 Å². The number of carbonyl (C=O) groups excluding carboxylic acids is 2. The lowest BCUT2D eigenvalue weighted by atomic mass is 9.94. The highest BCUT2D eigenvalue weighted by Gasteiger charge is 2.50. The van der Waals surface area contributed by atoms with Crippen molar-refractivity contribution in [3.05, 3.63) is 0 Å². The molecule has 116 valence electrons. The Balaban J connectivity index is 1.55. The number of nitrogens with zero attached hydrogens (tertiary/aromatic N) is 2. The molecule has 0 aromatic rings. The van der Waals surface area contributed by atoms with Gasteiger partial charge in [-0.05, 0) is 62.7 Å². The Bertz CT molecular complexity index is 444. The maximum Gasteiger partial charge on any atom is 0.246 e. The maximum absolute atomic E-state index is 12.9. The summed E-state index contributed by atoms with van der Waals surface area (Å²) >= 11 is 0. The lowest BCUT2D eigenvalue weighted by Crippen LogP contribution is -2.63. The molecule has 2 atom stereocenters. The van der Waals surface area contributed by atoms with Gasteiger partial charge in [-0.3, -0.25) is 9.59 Å². The van der Waals surface area contributed by atoms with E-state index in [0.717, 1.165) is 44.2 Å². The lowest BCUT2D eigenvalue weighted by molar-refractivity contribution is -0.160. The molecule has 2 saturated heterocycles. The fraction of sp³-hybridized carbons (Fsp3) is 0.882. The van der Waals surface area contributed by atoms with Crippen molar-refractivity contribution in [3.8, 4) is 0 Å². The predicted octanol–water partition coefficient (Wildman–Crippen LogP) is 2.03. The van der Waals surface area contributed by atoms with E-state index in [4.69, 9.17) is 0 Å². The van der Waals surface area contributed by atoms with Gasteiger partial charge in [0.15, 0.2) is 0 Å². The average molecular weight is 290 g/mol. The van der Waals surface area contributed by atoms with Gasteiger partial charge in [-0.2, -0.15) is 0 Å². The van der Waals surface area contributed by atoms with Crippen LogP contribution < -0.4 is 0 Å². The van der Waals surface area contributed by atoms with E-state index >= 15 is 0 Å².